The van der Waals surface area contributed by atoms with Crippen LogP contribution in [0.3, 0.4) is 0 Å². The summed E-state index contributed by atoms with van der Waals surface area (Å²) in [7, 11) is 0. The molecule has 0 unspecified atom stereocenters. The lowest BCUT2D eigenvalue weighted by Crippen LogP contribution is -2.63. The molecule has 1 nitrogen and oxygen atoms in total. The number of anilines is 1. The van der Waals surface area contributed by atoms with Crippen molar-refractivity contribution >= 4 is 5.69 Å². The van der Waals surface area contributed by atoms with Crippen LogP contribution in [0.15, 0.2) is 24.3 Å². The molecule has 2 N–H and O–H groups in total. The van der Waals surface area contributed by atoms with Crippen LogP contribution in [-0.2, 0) is 5.41 Å². The van der Waals surface area contributed by atoms with Crippen molar-refractivity contribution in [2.24, 2.45) is 0 Å². The largest absolute Gasteiger partial charge is 0.416 e. The molecule has 0 spiro atoms. The fourth-order valence-electron chi connectivity index (χ4n) is 1.71. The highest BCUT2D eigenvalue weighted by molar-refractivity contribution is 5.43. The van der Waals surface area contributed by atoms with Gasteiger partial charge in [-0.2, -0.15) is 39.5 Å². The first-order valence-electron chi connectivity index (χ1n) is 4.81. The number of rotatable bonds is 1. The maximum absolute atomic E-state index is 12.7. The number of benzene rings is 1. The second-order valence-corrected chi connectivity index (χ2v) is 3.87. The minimum Gasteiger partial charge on any atom is -0.399 e. The van der Waals surface area contributed by atoms with Crippen LogP contribution in [0.4, 0.5) is 45.2 Å². The first kappa shape index (κ1) is 16.4. The molecule has 1 aromatic carbocycles. The molecule has 0 atom stereocenters. The molecule has 0 fully saturated rings. The van der Waals surface area contributed by atoms with Gasteiger partial charge in [0.25, 0.3) is 5.41 Å². The Morgan fingerprint density at radius 3 is 1.15 bits per heavy atom. The summed E-state index contributed by atoms with van der Waals surface area (Å²) >= 11 is 0. The predicted octanol–water partition coefficient (Wildman–Crippen LogP) is 4.19. The van der Waals surface area contributed by atoms with E-state index in [-0.39, 0.29) is 17.8 Å². The van der Waals surface area contributed by atoms with Crippen molar-refractivity contribution < 1.29 is 39.5 Å². The van der Waals surface area contributed by atoms with Gasteiger partial charge < -0.3 is 5.73 Å². The Bertz CT molecular complexity index is 429. The third-order valence-electron chi connectivity index (χ3n) is 2.62. The van der Waals surface area contributed by atoms with Gasteiger partial charge in [-0.25, -0.2) is 0 Å². The highest BCUT2D eigenvalue weighted by Gasteiger charge is 2.84. The quantitative estimate of drug-likeness (QED) is 0.611. The summed E-state index contributed by atoms with van der Waals surface area (Å²) in [5, 5.41) is 0. The van der Waals surface area contributed by atoms with E-state index in [1.807, 2.05) is 0 Å². The van der Waals surface area contributed by atoms with E-state index in [4.69, 9.17) is 5.73 Å². The molecule has 0 saturated heterocycles. The highest BCUT2D eigenvalue weighted by atomic mass is 19.4. The van der Waals surface area contributed by atoms with Gasteiger partial charge in [-0.05, 0) is 17.7 Å². The number of halogens is 9. The Hall–Kier alpha value is -1.61. The zero-order valence-corrected chi connectivity index (χ0v) is 9.29. The minimum absolute atomic E-state index is 0.0593. The molecule has 0 bridgehead atoms. The molecule has 1 rings (SSSR count). The molecule has 114 valence electrons. The lowest BCUT2D eigenvalue weighted by Gasteiger charge is -2.38. The molecule has 0 aliphatic heterocycles. The Labute approximate surface area is 106 Å². The van der Waals surface area contributed by atoms with Gasteiger partial charge in [-0.3, -0.25) is 0 Å². The second kappa shape index (κ2) is 4.45. The van der Waals surface area contributed by atoms with Gasteiger partial charge in [0.05, 0.1) is 0 Å². The Kier molecular flexibility index (Phi) is 3.66. The smallest absolute Gasteiger partial charge is 0.399 e. The summed E-state index contributed by atoms with van der Waals surface area (Å²) in [6.07, 6.45) is -19.8. The third-order valence-corrected chi connectivity index (χ3v) is 2.62. The Morgan fingerprint density at radius 2 is 0.900 bits per heavy atom. The number of nitrogens with two attached hydrogens (primary N) is 1. The molecule has 20 heavy (non-hydrogen) atoms. The van der Waals surface area contributed by atoms with Gasteiger partial charge in [0.2, 0.25) is 0 Å². The van der Waals surface area contributed by atoms with Crippen molar-refractivity contribution in [3.63, 3.8) is 0 Å². The number of hydrogen-bond acceptors (Lipinski definition) is 1. The number of nitrogen functional groups attached to an aromatic ring is 1. The lowest BCUT2D eigenvalue weighted by molar-refractivity contribution is -0.387. The van der Waals surface area contributed by atoms with E-state index in [1.165, 1.54) is 0 Å². The average molecular weight is 311 g/mol. The standard InChI is InChI=1S/C10H6F9N/c11-8(12,13)7(9(14,15)16,10(17,18)19)5-1-3-6(20)4-2-5/h1-4H,20H2. The maximum atomic E-state index is 12.7. The van der Waals surface area contributed by atoms with Crippen LogP contribution >= 0.6 is 0 Å². The van der Waals surface area contributed by atoms with E-state index in [2.05, 4.69) is 0 Å². The lowest BCUT2D eigenvalue weighted by atomic mass is 9.78. The summed E-state index contributed by atoms with van der Waals surface area (Å²) in [6, 6.07) is 1.19. The van der Waals surface area contributed by atoms with Gasteiger partial charge in [0.1, 0.15) is 0 Å². The van der Waals surface area contributed by atoms with Crippen molar-refractivity contribution in [2.45, 2.75) is 23.9 Å². The molecule has 0 aliphatic carbocycles. The van der Waals surface area contributed by atoms with Crippen LogP contribution < -0.4 is 5.73 Å². The fraction of sp³-hybridized carbons (Fsp3) is 0.400. The Balaban J connectivity index is 3.77. The average Bonchev–Trinajstić information content (AvgIpc) is 2.14. The summed E-state index contributed by atoms with van der Waals surface area (Å²) in [5.74, 6) is 0. The topological polar surface area (TPSA) is 26.0 Å². The van der Waals surface area contributed by atoms with Crippen molar-refractivity contribution in [1.29, 1.82) is 0 Å². The van der Waals surface area contributed by atoms with Crippen molar-refractivity contribution in [3.05, 3.63) is 29.8 Å². The SMILES string of the molecule is Nc1ccc(C(C(F)(F)F)(C(F)(F)F)C(F)(F)F)cc1. The Morgan fingerprint density at radius 1 is 0.600 bits per heavy atom. The van der Waals surface area contributed by atoms with Crippen LogP contribution in [-0.4, -0.2) is 18.5 Å². The van der Waals surface area contributed by atoms with Crippen LogP contribution in [0.5, 0.6) is 0 Å². The second-order valence-electron chi connectivity index (χ2n) is 3.87. The van der Waals surface area contributed by atoms with Crippen LogP contribution in [0.1, 0.15) is 5.56 Å². The summed E-state index contributed by atoms with van der Waals surface area (Å²) in [6.45, 7) is 0. The van der Waals surface area contributed by atoms with Gasteiger partial charge in [-0.1, -0.05) is 12.1 Å². The van der Waals surface area contributed by atoms with Crippen molar-refractivity contribution in [3.8, 4) is 0 Å². The van der Waals surface area contributed by atoms with Crippen molar-refractivity contribution in [1.82, 2.24) is 0 Å². The maximum Gasteiger partial charge on any atom is 0.416 e. The van der Waals surface area contributed by atoms with E-state index < -0.39 is 29.5 Å². The molecule has 0 amide bonds. The molecule has 0 aliphatic rings. The summed E-state index contributed by atoms with van der Waals surface area (Å²) < 4.78 is 114. The fourth-order valence-corrected chi connectivity index (χ4v) is 1.71. The van der Waals surface area contributed by atoms with Crippen molar-refractivity contribution in [2.75, 3.05) is 5.73 Å². The molecule has 0 radical (unpaired) electrons. The first-order chi connectivity index (χ1) is 8.75. The third kappa shape index (κ3) is 2.27. The van der Waals surface area contributed by atoms with Gasteiger partial charge in [-0.15, -0.1) is 0 Å². The van der Waals surface area contributed by atoms with Crippen LogP contribution in [0, 0.1) is 0 Å². The summed E-state index contributed by atoms with van der Waals surface area (Å²) in [5.41, 5.74) is -3.16. The summed E-state index contributed by atoms with van der Waals surface area (Å²) in [4.78, 5) is 0. The monoisotopic (exact) mass is 311 g/mol. The van der Waals surface area contributed by atoms with Gasteiger partial charge >= 0.3 is 18.5 Å². The van der Waals surface area contributed by atoms with E-state index in [1.54, 1.807) is 0 Å². The van der Waals surface area contributed by atoms with Gasteiger partial charge in [0, 0.05) is 5.69 Å². The number of alkyl halides is 9. The normalized spacial score (nSPS) is 14.4. The highest BCUT2D eigenvalue weighted by Crippen LogP contribution is 2.60. The zero-order chi connectivity index (χ0) is 16.0. The van der Waals surface area contributed by atoms with E-state index >= 15 is 0 Å². The molecule has 0 heterocycles. The van der Waals surface area contributed by atoms with Crippen LogP contribution in [0.2, 0.25) is 0 Å². The molecular weight excluding hydrogens is 305 g/mol. The molecule has 0 aromatic heterocycles. The predicted molar refractivity (Wildman–Crippen MR) is 50.7 cm³/mol. The minimum atomic E-state index is -6.61. The molecule has 1 aromatic rings. The zero-order valence-electron chi connectivity index (χ0n) is 9.29. The van der Waals surface area contributed by atoms with E-state index in [0.29, 0.717) is 12.1 Å². The van der Waals surface area contributed by atoms with Gasteiger partial charge in [0.15, 0.2) is 0 Å². The number of hydrogen-bond donors (Lipinski definition) is 1. The van der Waals surface area contributed by atoms with E-state index in [9.17, 15) is 39.5 Å². The molecule has 10 heteroatoms. The molecule has 0 saturated carbocycles. The first-order valence-corrected chi connectivity index (χ1v) is 4.81. The van der Waals surface area contributed by atoms with Crippen LogP contribution in [0.25, 0.3) is 0 Å². The molecular formula is C10H6F9N. The van der Waals surface area contributed by atoms with E-state index in [0.717, 1.165) is 0 Å².